The Kier molecular flexibility index (Phi) is 6.42. The molecule has 1 saturated heterocycles. The van der Waals surface area contributed by atoms with E-state index in [1.807, 2.05) is 6.92 Å². The number of carbonyl (C=O) groups excluding carboxylic acids is 2. The molecule has 2 bridgehead atoms. The van der Waals surface area contributed by atoms with Crippen molar-refractivity contribution in [3.63, 3.8) is 0 Å². The molecule has 7 nitrogen and oxygen atoms in total. The molecular weight excluding hydrogens is 472 g/mol. The zero-order valence-electron chi connectivity index (χ0n) is 22.9. The second kappa shape index (κ2) is 9.14. The van der Waals surface area contributed by atoms with Crippen LogP contribution in [0, 0.1) is 34.0 Å². The van der Waals surface area contributed by atoms with Gasteiger partial charge in [0, 0.05) is 30.4 Å². The number of ether oxygens (including phenoxy) is 4. The standard InChI is InChI=1S/C30H44O7/c1-17-26(32)22(34-4)15-25(36-17)37-20-6-9-28(2)19(14-20)5-11-30-12-7-21(18-13-24(31)35-16-18)29(3,27(30)33)10-8-23(28)30/h13,17,19-23,25-26,32H,5-12,14-16H2,1-4H3/t17-,19-,20-,21+,22-,23-,25+,26+,28-,29-,30-/m1/s1. The van der Waals surface area contributed by atoms with Gasteiger partial charge in [-0.2, -0.15) is 0 Å². The minimum absolute atomic E-state index is 0.139. The predicted molar refractivity (Wildman–Crippen MR) is 135 cm³/mol. The van der Waals surface area contributed by atoms with Crippen LogP contribution in [-0.2, 0) is 28.5 Å². The number of ketones is 1. The second-order valence-corrected chi connectivity index (χ2v) is 13.5. The summed E-state index contributed by atoms with van der Waals surface area (Å²) < 4.78 is 23.2. The van der Waals surface area contributed by atoms with Crippen LogP contribution >= 0.6 is 0 Å². The first-order valence-electron chi connectivity index (χ1n) is 14.5. The van der Waals surface area contributed by atoms with Crippen LogP contribution in [0.3, 0.4) is 0 Å². The maximum Gasteiger partial charge on any atom is 0.331 e. The van der Waals surface area contributed by atoms with E-state index in [4.69, 9.17) is 18.9 Å². The zero-order valence-corrected chi connectivity index (χ0v) is 22.9. The molecule has 1 spiro atoms. The quantitative estimate of drug-likeness (QED) is 0.439. The molecule has 0 amide bonds. The lowest BCUT2D eigenvalue weighted by atomic mass is 9.37. The first kappa shape index (κ1) is 26.0. The molecule has 4 saturated carbocycles. The summed E-state index contributed by atoms with van der Waals surface area (Å²) in [5, 5.41) is 10.3. The van der Waals surface area contributed by atoms with Gasteiger partial charge < -0.3 is 24.1 Å². The third-order valence-corrected chi connectivity index (χ3v) is 11.9. The smallest absolute Gasteiger partial charge is 0.331 e. The Bertz CT molecular complexity index is 977. The summed E-state index contributed by atoms with van der Waals surface area (Å²) in [7, 11) is 1.63. The molecule has 0 aromatic heterocycles. The maximum atomic E-state index is 14.4. The van der Waals surface area contributed by atoms with Crippen molar-refractivity contribution in [2.24, 2.45) is 34.0 Å². The molecule has 0 aromatic rings. The summed E-state index contributed by atoms with van der Waals surface area (Å²) in [6.07, 6.45) is 9.85. The molecule has 0 radical (unpaired) electrons. The Morgan fingerprint density at radius 3 is 2.54 bits per heavy atom. The van der Waals surface area contributed by atoms with Gasteiger partial charge in [0.2, 0.25) is 0 Å². The molecule has 1 N–H and O–H groups in total. The van der Waals surface area contributed by atoms with E-state index in [0.29, 0.717) is 30.6 Å². The molecule has 6 rings (SSSR count). The number of methoxy groups -OCH3 is 1. The topological polar surface area (TPSA) is 91.3 Å². The SMILES string of the molecule is CO[C@@H]1C[C@H](O[C@@H]2CC[C@]3(C)[C@H](CC[C@@]45CC[C@@H](C6=CC(=O)OC6)[C@@](C)(CC[C@@H]43)C5=O)C2)O[C@H](C)[C@@H]1O. The second-order valence-electron chi connectivity index (χ2n) is 13.5. The molecule has 6 aliphatic rings. The van der Waals surface area contributed by atoms with Gasteiger partial charge in [-0.05, 0) is 93.5 Å². The molecule has 2 aliphatic heterocycles. The minimum atomic E-state index is -0.628. The highest BCUT2D eigenvalue weighted by molar-refractivity contribution is 5.93. The normalized spacial score (nSPS) is 51.6. The van der Waals surface area contributed by atoms with E-state index in [0.717, 1.165) is 63.4 Å². The largest absolute Gasteiger partial charge is 0.458 e. The van der Waals surface area contributed by atoms with Crippen LogP contribution in [0.25, 0.3) is 0 Å². The van der Waals surface area contributed by atoms with Crippen molar-refractivity contribution in [1.82, 2.24) is 0 Å². The Hall–Kier alpha value is -1.28. The number of cyclic esters (lactones) is 1. The van der Waals surface area contributed by atoms with E-state index < -0.39 is 6.10 Å². The Morgan fingerprint density at radius 2 is 1.81 bits per heavy atom. The third kappa shape index (κ3) is 3.89. The van der Waals surface area contributed by atoms with Gasteiger partial charge in [-0.3, -0.25) is 4.79 Å². The molecule has 4 aliphatic carbocycles. The number of aliphatic hydroxyl groups excluding tert-OH is 1. The number of hydrogen-bond acceptors (Lipinski definition) is 7. The van der Waals surface area contributed by atoms with Gasteiger partial charge in [0.1, 0.15) is 18.5 Å². The number of rotatable bonds is 4. The number of aliphatic hydroxyl groups is 1. The summed E-state index contributed by atoms with van der Waals surface area (Å²) in [5.41, 5.74) is 0.597. The van der Waals surface area contributed by atoms with E-state index in [2.05, 4.69) is 13.8 Å². The average Bonchev–Trinajstić information content (AvgIpc) is 3.29. The molecular formula is C30H44O7. The van der Waals surface area contributed by atoms with Crippen molar-refractivity contribution in [1.29, 1.82) is 0 Å². The van der Waals surface area contributed by atoms with Crippen molar-refractivity contribution in [3.8, 4) is 0 Å². The molecule has 206 valence electrons. The molecule has 11 atom stereocenters. The first-order valence-corrected chi connectivity index (χ1v) is 14.5. The monoisotopic (exact) mass is 516 g/mol. The van der Waals surface area contributed by atoms with E-state index in [1.54, 1.807) is 13.2 Å². The van der Waals surface area contributed by atoms with Crippen molar-refractivity contribution in [3.05, 3.63) is 11.6 Å². The van der Waals surface area contributed by atoms with Gasteiger partial charge in [-0.15, -0.1) is 0 Å². The van der Waals surface area contributed by atoms with Gasteiger partial charge in [-0.25, -0.2) is 4.79 Å². The van der Waals surface area contributed by atoms with Crippen LogP contribution in [0.5, 0.6) is 0 Å². The van der Waals surface area contributed by atoms with Crippen LogP contribution in [0.4, 0.5) is 0 Å². The number of carbonyl (C=O) groups is 2. The lowest BCUT2D eigenvalue weighted by molar-refractivity contribution is -0.272. The molecule has 5 fully saturated rings. The molecule has 2 heterocycles. The Morgan fingerprint density at radius 1 is 1.03 bits per heavy atom. The molecule has 0 aromatic carbocycles. The van der Waals surface area contributed by atoms with E-state index in [1.165, 1.54) is 0 Å². The Labute approximate surface area is 220 Å². The first-order chi connectivity index (χ1) is 17.6. The van der Waals surface area contributed by atoms with Crippen LogP contribution in [0.2, 0.25) is 0 Å². The summed E-state index contributed by atoms with van der Waals surface area (Å²) >= 11 is 0. The van der Waals surface area contributed by atoms with Crippen molar-refractivity contribution in [2.75, 3.05) is 13.7 Å². The van der Waals surface area contributed by atoms with Crippen LogP contribution in [-0.4, -0.2) is 61.3 Å². The fourth-order valence-corrected chi connectivity index (χ4v) is 9.85. The van der Waals surface area contributed by atoms with Crippen molar-refractivity contribution >= 4 is 11.8 Å². The number of Topliss-reactive ketones (excluding diaryl/α,β-unsaturated/α-hetero) is 1. The van der Waals surface area contributed by atoms with Gasteiger partial charge in [0.05, 0.1) is 18.3 Å². The lowest BCUT2D eigenvalue weighted by Crippen LogP contribution is -2.64. The zero-order chi connectivity index (χ0) is 26.2. The predicted octanol–water partition coefficient (Wildman–Crippen LogP) is 4.35. The van der Waals surface area contributed by atoms with Gasteiger partial charge in [-0.1, -0.05) is 13.8 Å². The molecule has 0 unspecified atom stereocenters. The Balaban J connectivity index is 1.16. The summed E-state index contributed by atoms with van der Waals surface area (Å²) in [5.74, 6) is 1.33. The highest BCUT2D eigenvalue weighted by Gasteiger charge is 2.67. The van der Waals surface area contributed by atoms with E-state index in [-0.39, 0.29) is 52.7 Å². The fraction of sp³-hybridized carbons (Fsp3) is 0.867. The van der Waals surface area contributed by atoms with Crippen molar-refractivity contribution < 1.29 is 33.6 Å². The minimum Gasteiger partial charge on any atom is -0.458 e. The van der Waals surface area contributed by atoms with Gasteiger partial charge >= 0.3 is 5.97 Å². The molecule has 37 heavy (non-hydrogen) atoms. The highest BCUT2D eigenvalue weighted by Crippen LogP contribution is 2.70. The van der Waals surface area contributed by atoms with Crippen LogP contribution < -0.4 is 0 Å². The third-order valence-electron chi connectivity index (χ3n) is 11.9. The summed E-state index contributed by atoms with van der Waals surface area (Å²) in [4.78, 5) is 26.1. The summed E-state index contributed by atoms with van der Waals surface area (Å²) in [6.45, 7) is 6.87. The van der Waals surface area contributed by atoms with Crippen LogP contribution in [0.15, 0.2) is 11.6 Å². The van der Waals surface area contributed by atoms with Crippen LogP contribution in [0.1, 0.15) is 85.0 Å². The number of fused-ring (bicyclic) bond motifs is 3. The fourth-order valence-electron chi connectivity index (χ4n) is 9.85. The molecule has 7 heteroatoms. The van der Waals surface area contributed by atoms with E-state index >= 15 is 0 Å². The average molecular weight is 517 g/mol. The maximum absolute atomic E-state index is 14.4. The summed E-state index contributed by atoms with van der Waals surface area (Å²) in [6, 6.07) is 0. The number of hydrogen-bond donors (Lipinski definition) is 1. The lowest BCUT2D eigenvalue weighted by Gasteiger charge is -2.66. The van der Waals surface area contributed by atoms with Gasteiger partial charge in [0.15, 0.2) is 6.29 Å². The van der Waals surface area contributed by atoms with Gasteiger partial charge in [0.25, 0.3) is 0 Å². The number of esters is 1. The highest BCUT2D eigenvalue weighted by atomic mass is 16.7. The van der Waals surface area contributed by atoms with E-state index in [9.17, 15) is 14.7 Å². The van der Waals surface area contributed by atoms with Crippen molar-refractivity contribution in [2.45, 2.75) is 116 Å².